The van der Waals surface area contributed by atoms with E-state index in [2.05, 4.69) is 11.4 Å². The van der Waals surface area contributed by atoms with E-state index in [0.29, 0.717) is 11.2 Å². The zero-order valence-electron chi connectivity index (χ0n) is 8.92. The average molecular weight is 203 g/mol. The zero-order valence-corrected chi connectivity index (χ0v) is 8.92. The third-order valence-electron chi connectivity index (χ3n) is 4.03. The number of phenols is 1. The van der Waals surface area contributed by atoms with Crippen molar-refractivity contribution in [2.75, 3.05) is 11.9 Å². The summed E-state index contributed by atoms with van der Waals surface area (Å²) in [5, 5.41) is 13.2. The van der Waals surface area contributed by atoms with E-state index >= 15 is 0 Å². The van der Waals surface area contributed by atoms with Gasteiger partial charge in [-0.1, -0.05) is 31.4 Å². The van der Waals surface area contributed by atoms with Gasteiger partial charge in [-0.15, -0.1) is 0 Å². The number of fused-ring (bicyclic) bond motifs is 2. The number of benzene rings is 1. The highest BCUT2D eigenvalue weighted by molar-refractivity contribution is 5.68. The molecule has 2 N–H and O–H groups in total. The first kappa shape index (κ1) is 9.08. The molecule has 1 aromatic carbocycles. The van der Waals surface area contributed by atoms with Gasteiger partial charge in [0.25, 0.3) is 0 Å². The number of para-hydroxylation sites is 1. The van der Waals surface area contributed by atoms with Gasteiger partial charge in [0, 0.05) is 12.0 Å². The van der Waals surface area contributed by atoms with Crippen LogP contribution in [0.25, 0.3) is 0 Å². The molecule has 0 bridgehead atoms. The minimum absolute atomic E-state index is 0.326. The van der Waals surface area contributed by atoms with Crippen LogP contribution in [0.15, 0.2) is 18.2 Å². The molecule has 0 saturated heterocycles. The number of hydrogen-bond acceptors (Lipinski definition) is 2. The summed E-state index contributed by atoms with van der Waals surface area (Å²) >= 11 is 0. The van der Waals surface area contributed by atoms with E-state index in [0.717, 1.165) is 12.2 Å². The minimum atomic E-state index is 0.326. The summed E-state index contributed by atoms with van der Waals surface area (Å²) in [5.74, 6) is 0.412. The van der Waals surface area contributed by atoms with Crippen LogP contribution in [0.3, 0.4) is 0 Å². The van der Waals surface area contributed by atoms with Crippen LogP contribution in [-0.4, -0.2) is 11.7 Å². The third kappa shape index (κ3) is 1.24. The average Bonchev–Trinajstić information content (AvgIpc) is 2.61. The van der Waals surface area contributed by atoms with E-state index in [1.165, 1.54) is 37.7 Å². The van der Waals surface area contributed by atoms with Crippen LogP contribution in [0.5, 0.6) is 5.75 Å². The van der Waals surface area contributed by atoms with Crippen LogP contribution in [-0.2, 0) is 5.41 Å². The van der Waals surface area contributed by atoms with Gasteiger partial charge in [-0.05, 0) is 24.5 Å². The molecular formula is C13H17NO. The number of rotatable bonds is 0. The second kappa shape index (κ2) is 3.16. The van der Waals surface area contributed by atoms with Gasteiger partial charge in [-0.3, -0.25) is 0 Å². The van der Waals surface area contributed by atoms with Crippen molar-refractivity contribution in [2.45, 2.75) is 37.5 Å². The Bertz CT molecular complexity index is 380. The van der Waals surface area contributed by atoms with E-state index in [1.807, 2.05) is 6.07 Å². The van der Waals surface area contributed by atoms with E-state index in [4.69, 9.17) is 0 Å². The Morgan fingerprint density at radius 2 is 1.93 bits per heavy atom. The Balaban J connectivity index is 2.06. The molecule has 80 valence electrons. The van der Waals surface area contributed by atoms with E-state index < -0.39 is 0 Å². The SMILES string of the molecule is Oc1cccc2c1NCC21CCCCC1. The fourth-order valence-electron chi connectivity index (χ4n) is 3.20. The van der Waals surface area contributed by atoms with Gasteiger partial charge in [0.2, 0.25) is 0 Å². The van der Waals surface area contributed by atoms with Gasteiger partial charge in [-0.25, -0.2) is 0 Å². The molecule has 1 aromatic rings. The molecule has 1 heterocycles. The second-order valence-corrected chi connectivity index (χ2v) is 4.89. The predicted molar refractivity (Wildman–Crippen MR) is 61.4 cm³/mol. The Kier molecular flexibility index (Phi) is 1.91. The van der Waals surface area contributed by atoms with Crippen molar-refractivity contribution in [1.29, 1.82) is 0 Å². The first-order valence-corrected chi connectivity index (χ1v) is 5.88. The van der Waals surface area contributed by atoms with Gasteiger partial charge in [0.05, 0.1) is 5.69 Å². The summed E-state index contributed by atoms with van der Waals surface area (Å²) in [6.07, 6.45) is 6.58. The molecule has 1 aliphatic heterocycles. The molecule has 2 aliphatic rings. The third-order valence-corrected chi connectivity index (χ3v) is 4.03. The smallest absolute Gasteiger partial charge is 0.138 e. The van der Waals surface area contributed by atoms with Crippen molar-refractivity contribution in [3.05, 3.63) is 23.8 Å². The highest BCUT2D eigenvalue weighted by atomic mass is 16.3. The van der Waals surface area contributed by atoms with Crippen LogP contribution in [0.2, 0.25) is 0 Å². The van der Waals surface area contributed by atoms with Crippen LogP contribution in [0.4, 0.5) is 5.69 Å². The van der Waals surface area contributed by atoms with Crippen LogP contribution < -0.4 is 5.32 Å². The van der Waals surface area contributed by atoms with E-state index in [1.54, 1.807) is 6.07 Å². The lowest BCUT2D eigenvalue weighted by atomic mass is 9.71. The quantitative estimate of drug-likeness (QED) is 0.635. The lowest BCUT2D eigenvalue weighted by Crippen LogP contribution is -2.30. The molecule has 2 heteroatoms. The maximum atomic E-state index is 9.78. The molecule has 0 atom stereocenters. The van der Waals surface area contributed by atoms with Gasteiger partial charge in [-0.2, -0.15) is 0 Å². The Labute approximate surface area is 90.3 Å². The molecule has 1 fully saturated rings. The summed E-state index contributed by atoms with van der Waals surface area (Å²) in [6.45, 7) is 1.01. The summed E-state index contributed by atoms with van der Waals surface area (Å²) in [5.41, 5.74) is 2.66. The number of phenolic OH excluding ortho intramolecular Hbond substituents is 1. The molecule has 0 unspecified atom stereocenters. The molecule has 15 heavy (non-hydrogen) atoms. The normalized spacial score (nSPS) is 22.4. The first-order valence-electron chi connectivity index (χ1n) is 5.88. The number of anilines is 1. The van der Waals surface area contributed by atoms with Crippen LogP contribution in [0, 0.1) is 0 Å². The fraction of sp³-hybridized carbons (Fsp3) is 0.538. The van der Waals surface area contributed by atoms with Crippen molar-refractivity contribution in [3.8, 4) is 5.75 Å². The molecule has 1 aliphatic carbocycles. The molecule has 0 radical (unpaired) electrons. The number of hydrogen-bond donors (Lipinski definition) is 2. The van der Waals surface area contributed by atoms with E-state index in [-0.39, 0.29) is 0 Å². The van der Waals surface area contributed by atoms with Gasteiger partial charge >= 0.3 is 0 Å². The lowest BCUT2D eigenvalue weighted by molar-refractivity contribution is 0.319. The van der Waals surface area contributed by atoms with Crippen molar-refractivity contribution in [3.63, 3.8) is 0 Å². The highest BCUT2D eigenvalue weighted by Gasteiger charge is 2.40. The van der Waals surface area contributed by atoms with Crippen molar-refractivity contribution < 1.29 is 5.11 Å². The standard InChI is InChI=1S/C13H17NO/c15-11-6-4-5-10-12(11)14-9-13(10)7-2-1-3-8-13/h4-6,14-15H,1-3,7-9H2. The monoisotopic (exact) mass is 203 g/mol. The largest absolute Gasteiger partial charge is 0.506 e. The summed E-state index contributed by atoms with van der Waals surface area (Å²) in [4.78, 5) is 0. The topological polar surface area (TPSA) is 32.3 Å². The molecule has 1 spiro atoms. The van der Waals surface area contributed by atoms with Crippen LogP contribution >= 0.6 is 0 Å². The maximum Gasteiger partial charge on any atom is 0.138 e. The highest BCUT2D eigenvalue weighted by Crippen LogP contribution is 2.48. The van der Waals surface area contributed by atoms with Gasteiger partial charge in [0.15, 0.2) is 0 Å². The molecule has 1 saturated carbocycles. The molecule has 0 aromatic heterocycles. The summed E-state index contributed by atoms with van der Waals surface area (Å²) < 4.78 is 0. The van der Waals surface area contributed by atoms with Crippen LogP contribution in [0.1, 0.15) is 37.7 Å². The van der Waals surface area contributed by atoms with E-state index in [9.17, 15) is 5.11 Å². The predicted octanol–water partition coefficient (Wildman–Crippen LogP) is 3.02. The molecule has 2 nitrogen and oxygen atoms in total. The number of nitrogens with one attached hydrogen (secondary N) is 1. The van der Waals surface area contributed by atoms with Crippen molar-refractivity contribution in [2.24, 2.45) is 0 Å². The number of aromatic hydroxyl groups is 1. The van der Waals surface area contributed by atoms with Gasteiger partial charge in [0.1, 0.15) is 5.75 Å². The fourth-order valence-corrected chi connectivity index (χ4v) is 3.20. The summed E-state index contributed by atoms with van der Waals surface area (Å²) in [7, 11) is 0. The Hall–Kier alpha value is -1.18. The van der Waals surface area contributed by atoms with Gasteiger partial charge < -0.3 is 10.4 Å². The first-order chi connectivity index (χ1) is 7.32. The molecule has 0 amide bonds. The van der Waals surface area contributed by atoms with Crippen molar-refractivity contribution >= 4 is 5.69 Å². The second-order valence-electron chi connectivity index (χ2n) is 4.89. The lowest BCUT2D eigenvalue weighted by Gasteiger charge is -2.33. The molecular weight excluding hydrogens is 186 g/mol. The molecule has 3 rings (SSSR count). The van der Waals surface area contributed by atoms with Crippen molar-refractivity contribution in [1.82, 2.24) is 0 Å². The maximum absolute atomic E-state index is 9.78. The minimum Gasteiger partial charge on any atom is -0.506 e. The Morgan fingerprint density at radius 1 is 1.13 bits per heavy atom. The zero-order chi connectivity index (χ0) is 10.3. The summed E-state index contributed by atoms with van der Waals surface area (Å²) in [6, 6.07) is 5.92. The Morgan fingerprint density at radius 3 is 2.73 bits per heavy atom.